The first-order valence-electron chi connectivity index (χ1n) is 11.7. The maximum atomic E-state index is 13.0. The van der Waals surface area contributed by atoms with Crippen LogP contribution in [0.25, 0.3) is 29.1 Å². The van der Waals surface area contributed by atoms with Gasteiger partial charge >= 0.3 is 0 Å². The lowest BCUT2D eigenvalue weighted by molar-refractivity contribution is -0.111. The third-order valence-corrected chi connectivity index (χ3v) is 5.58. The van der Waals surface area contributed by atoms with Crippen molar-refractivity contribution in [2.75, 3.05) is 5.32 Å². The smallest absolute Gasteiger partial charge is 0.248 e. The molecule has 0 saturated heterocycles. The van der Waals surface area contributed by atoms with E-state index in [0.717, 1.165) is 22.5 Å². The third-order valence-electron chi connectivity index (χ3n) is 5.58. The molecule has 1 N–H and O–H groups in total. The average Bonchev–Trinajstić information content (AvgIpc) is 3.62. The predicted molar refractivity (Wildman–Crippen MR) is 145 cm³/mol. The molecule has 5 rings (SSSR count). The molecule has 0 fully saturated rings. The third kappa shape index (κ3) is 5.89. The zero-order valence-electron chi connectivity index (χ0n) is 19.8. The zero-order chi connectivity index (χ0) is 25.5. The lowest BCUT2D eigenvalue weighted by Crippen LogP contribution is -2.08. The number of furan rings is 1. The second kappa shape index (κ2) is 11.0. The number of carbonyl (C=O) groups excluding carboxylic acids is 2. The van der Waals surface area contributed by atoms with Gasteiger partial charge in [-0.1, -0.05) is 60.7 Å². The van der Waals surface area contributed by atoms with Gasteiger partial charge in [0.2, 0.25) is 5.91 Å². The fraction of sp³-hybridized carbons (Fsp3) is 0. The SMILES string of the molecule is O=C(/C=C/c1ccco1)Nc1cccc(C(=O)/C=C/c2cn(-c3ccccc3)nc2-c2ccccc2)c1. The van der Waals surface area contributed by atoms with E-state index in [2.05, 4.69) is 5.32 Å². The van der Waals surface area contributed by atoms with Gasteiger partial charge in [0.1, 0.15) is 5.76 Å². The highest BCUT2D eigenvalue weighted by atomic mass is 16.3. The quantitative estimate of drug-likeness (QED) is 0.196. The van der Waals surface area contributed by atoms with Crippen LogP contribution in [0.3, 0.4) is 0 Å². The van der Waals surface area contributed by atoms with Crippen LogP contribution in [0.5, 0.6) is 0 Å². The van der Waals surface area contributed by atoms with Crippen molar-refractivity contribution in [3.8, 4) is 16.9 Å². The van der Waals surface area contributed by atoms with Gasteiger partial charge in [0, 0.05) is 34.7 Å². The van der Waals surface area contributed by atoms with Gasteiger partial charge in [-0.15, -0.1) is 0 Å². The number of nitrogens with one attached hydrogen (secondary N) is 1. The molecule has 0 aliphatic heterocycles. The Balaban J connectivity index is 1.36. The highest BCUT2D eigenvalue weighted by Crippen LogP contribution is 2.25. The van der Waals surface area contributed by atoms with Crippen LogP contribution in [0.1, 0.15) is 21.7 Å². The molecule has 6 heteroatoms. The van der Waals surface area contributed by atoms with Gasteiger partial charge in [-0.2, -0.15) is 5.10 Å². The van der Waals surface area contributed by atoms with Gasteiger partial charge in [0.25, 0.3) is 0 Å². The first-order chi connectivity index (χ1) is 18.2. The number of rotatable bonds is 8. The molecule has 0 spiro atoms. The van der Waals surface area contributed by atoms with Crippen LogP contribution in [-0.4, -0.2) is 21.5 Å². The van der Waals surface area contributed by atoms with E-state index in [4.69, 9.17) is 9.52 Å². The van der Waals surface area contributed by atoms with Crippen molar-refractivity contribution in [1.29, 1.82) is 0 Å². The van der Waals surface area contributed by atoms with Gasteiger partial charge in [-0.25, -0.2) is 4.68 Å². The maximum absolute atomic E-state index is 13.0. The average molecular weight is 486 g/mol. The summed E-state index contributed by atoms with van der Waals surface area (Å²) in [5.74, 6) is 0.0701. The fourth-order valence-electron chi connectivity index (χ4n) is 3.78. The summed E-state index contributed by atoms with van der Waals surface area (Å²) < 4.78 is 6.99. The predicted octanol–water partition coefficient (Wildman–Crippen LogP) is 6.68. The van der Waals surface area contributed by atoms with E-state index < -0.39 is 0 Å². The van der Waals surface area contributed by atoms with E-state index in [1.807, 2.05) is 66.9 Å². The molecule has 2 aromatic heterocycles. The summed E-state index contributed by atoms with van der Waals surface area (Å²) in [6, 6.07) is 30.0. The summed E-state index contributed by atoms with van der Waals surface area (Å²) in [5, 5.41) is 7.55. The number of hydrogen-bond donors (Lipinski definition) is 1. The molecular weight excluding hydrogens is 462 g/mol. The normalized spacial score (nSPS) is 11.2. The number of anilines is 1. The molecule has 0 aliphatic carbocycles. The minimum Gasteiger partial charge on any atom is -0.465 e. The second-order valence-corrected chi connectivity index (χ2v) is 8.20. The Kier molecular flexibility index (Phi) is 6.99. The summed E-state index contributed by atoms with van der Waals surface area (Å²) in [6.45, 7) is 0. The van der Waals surface area contributed by atoms with E-state index >= 15 is 0 Å². The highest BCUT2D eigenvalue weighted by Gasteiger charge is 2.11. The summed E-state index contributed by atoms with van der Waals surface area (Å²) in [5.41, 5.74) is 4.46. The highest BCUT2D eigenvalue weighted by molar-refractivity contribution is 6.08. The van der Waals surface area contributed by atoms with Crippen molar-refractivity contribution in [3.63, 3.8) is 0 Å². The van der Waals surface area contributed by atoms with Crippen LogP contribution in [-0.2, 0) is 4.79 Å². The molecule has 3 aromatic carbocycles. The molecular formula is C31H23N3O3. The molecule has 5 aromatic rings. The lowest BCUT2D eigenvalue weighted by atomic mass is 10.1. The van der Waals surface area contributed by atoms with E-state index in [-0.39, 0.29) is 11.7 Å². The first kappa shape index (κ1) is 23.5. The van der Waals surface area contributed by atoms with E-state index in [1.54, 1.807) is 53.2 Å². The Bertz CT molecular complexity index is 1560. The number of carbonyl (C=O) groups is 2. The van der Waals surface area contributed by atoms with Crippen LogP contribution in [0.4, 0.5) is 5.69 Å². The van der Waals surface area contributed by atoms with Crippen molar-refractivity contribution in [2.24, 2.45) is 0 Å². The number of amides is 1. The Morgan fingerprint density at radius 1 is 0.811 bits per heavy atom. The van der Waals surface area contributed by atoms with Crippen molar-refractivity contribution in [2.45, 2.75) is 0 Å². The van der Waals surface area contributed by atoms with Crippen molar-refractivity contribution in [1.82, 2.24) is 9.78 Å². The largest absolute Gasteiger partial charge is 0.465 e. The summed E-state index contributed by atoms with van der Waals surface area (Å²) >= 11 is 0. The summed E-state index contributed by atoms with van der Waals surface area (Å²) in [7, 11) is 0. The lowest BCUT2D eigenvalue weighted by Gasteiger charge is -2.04. The molecule has 0 aliphatic rings. The van der Waals surface area contributed by atoms with Crippen LogP contribution in [0.15, 0.2) is 126 Å². The van der Waals surface area contributed by atoms with Gasteiger partial charge in [0.05, 0.1) is 17.6 Å². The molecule has 37 heavy (non-hydrogen) atoms. The molecule has 0 bridgehead atoms. The molecule has 1 amide bonds. The molecule has 6 nitrogen and oxygen atoms in total. The Morgan fingerprint density at radius 2 is 1.59 bits per heavy atom. The Hall–Kier alpha value is -5.23. The van der Waals surface area contributed by atoms with Gasteiger partial charge in [-0.05, 0) is 54.6 Å². The van der Waals surface area contributed by atoms with E-state index in [1.165, 1.54) is 18.4 Å². The van der Waals surface area contributed by atoms with E-state index in [0.29, 0.717) is 17.0 Å². The zero-order valence-corrected chi connectivity index (χ0v) is 19.8. The van der Waals surface area contributed by atoms with Crippen molar-refractivity contribution >= 4 is 29.5 Å². The summed E-state index contributed by atoms with van der Waals surface area (Å²) in [6.07, 6.45) is 9.69. The topological polar surface area (TPSA) is 77.1 Å². The monoisotopic (exact) mass is 485 g/mol. The molecule has 180 valence electrons. The number of allylic oxidation sites excluding steroid dienone is 1. The number of hydrogen-bond acceptors (Lipinski definition) is 4. The number of nitrogens with zero attached hydrogens (tertiary/aromatic N) is 2. The number of aromatic nitrogens is 2. The number of ketones is 1. The number of para-hydroxylation sites is 1. The standard InChI is InChI=1S/C31H23N3O3/c35-29(24-11-7-12-26(21-24)32-30(36)19-17-28-15-8-20-37-28)18-16-25-22-34(27-13-5-2-6-14-27)33-31(25)23-9-3-1-4-10-23/h1-22H,(H,32,36)/b18-16+,19-17+. The Morgan fingerprint density at radius 3 is 2.35 bits per heavy atom. The van der Waals surface area contributed by atoms with Crippen LogP contribution >= 0.6 is 0 Å². The minimum atomic E-state index is -0.322. The Labute approximate surface area is 214 Å². The van der Waals surface area contributed by atoms with Crippen molar-refractivity contribution in [3.05, 3.63) is 139 Å². The second-order valence-electron chi connectivity index (χ2n) is 8.20. The fourth-order valence-corrected chi connectivity index (χ4v) is 3.78. The summed E-state index contributed by atoms with van der Waals surface area (Å²) in [4.78, 5) is 25.3. The molecule has 2 heterocycles. The number of benzene rings is 3. The van der Waals surface area contributed by atoms with Crippen LogP contribution in [0.2, 0.25) is 0 Å². The van der Waals surface area contributed by atoms with Gasteiger partial charge < -0.3 is 9.73 Å². The van der Waals surface area contributed by atoms with Gasteiger partial charge in [-0.3, -0.25) is 9.59 Å². The van der Waals surface area contributed by atoms with E-state index in [9.17, 15) is 9.59 Å². The molecule has 0 radical (unpaired) electrons. The van der Waals surface area contributed by atoms with Crippen LogP contribution in [0, 0.1) is 0 Å². The first-order valence-corrected chi connectivity index (χ1v) is 11.7. The molecule has 0 atom stereocenters. The minimum absolute atomic E-state index is 0.186. The molecule has 0 saturated carbocycles. The van der Waals surface area contributed by atoms with Crippen molar-refractivity contribution < 1.29 is 14.0 Å². The maximum Gasteiger partial charge on any atom is 0.248 e. The van der Waals surface area contributed by atoms with Gasteiger partial charge in [0.15, 0.2) is 5.78 Å². The van der Waals surface area contributed by atoms with Crippen LogP contribution < -0.4 is 5.32 Å². The molecule has 0 unspecified atom stereocenters.